The molecule has 0 fully saturated rings. The molecular weight excluding hydrogens is 212 g/mol. The lowest BCUT2D eigenvalue weighted by Gasteiger charge is -2.05. The third-order valence-corrected chi connectivity index (χ3v) is 2.37. The number of aliphatic carboxylic acids is 1. The molecule has 5 nitrogen and oxygen atoms in total. The fourth-order valence-corrected chi connectivity index (χ4v) is 1.52. The van der Waals surface area contributed by atoms with E-state index < -0.39 is 11.9 Å². The van der Waals surface area contributed by atoms with Gasteiger partial charge in [0.2, 0.25) is 6.79 Å². The summed E-state index contributed by atoms with van der Waals surface area (Å²) >= 11 is 0. The van der Waals surface area contributed by atoms with Gasteiger partial charge in [0.25, 0.3) is 0 Å². The number of ether oxygens (including phenoxy) is 2. The number of carbonyl (C=O) groups is 2. The van der Waals surface area contributed by atoms with Gasteiger partial charge >= 0.3 is 5.97 Å². The molecule has 0 radical (unpaired) electrons. The number of aldehydes is 1. The molecule has 1 aliphatic heterocycles. The molecule has 1 unspecified atom stereocenters. The second-order valence-electron chi connectivity index (χ2n) is 3.47. The van der Waals surface area contributed by atoms with Crippen LogP contribution in [0.2, 0.25) is 0 Å². The Bertz CT molecular complexity index is 426. The van der Waals surface area contributed by atoms with Crippen LogP contribution in [0, 0.1) is 5.92 Å². The molecule has 1 aromatic carbocycles. The van der Waals surface area contributed by atoms with Crippen molar-refractivity contribution in [1.82, 2.24) is 0 Å². The van der Waals surface area contributed by atoms with Crippen LogP contribution in [0.3, 0.4) is 0 Å². The number of fused-ring (bicyclic) bond motifs is 1. The molecular formula is C11H10O5. The van der Waals surface area contributed by atoms with Gasteiger partial charge in [-0.15, -0.1) is 0 Å². The third kappa shape index (κ3) is 1.98. The fraction of sp³-hybridized carbons (Fsp3) is 0.273. The highest BCUT2D eigenvalue weighted by Crippen LogP contribution is 2.32. The molecule has 1 atom stereocenters. The SMILES string of the molecule is O=CC(Cc1ccc2c(c1)OCO2)C(=O)O. The highest BCUT2D eigenvalue weighted by Gasteiger charge is 2.19. The lowest BCUT2D eigenvalue weighted by atomic mass is 10.0. The number of hydrogen-bond acceptors (Lipinski definition) is 4. The maximum atomic E-state index is 10.7. The molecule has 16 heavy (non-hydrogen) atoms. The van der Waals surface area contributed by atoms with E-state index in [4.69, 9.17) is 14.6 Å². The molecule has 0 amide bonds. The molecule has 1 aromatic rings. The zero-order chi connectivity index (χ0) is 11.5. The van der Waals surface area contributed by atoms with E-state index in [0.717, 1.165) is 5.56 Å². The summed E-state index contributed by atoms with van der Waals surface area (Å²) in [5.74, 6) is -0.901. The zero-order valence-corrected chi connectivity index (χ0v) is 8.38. The van der Waals surface area contributed by atoms with Crippen molar-refractivity contribution in [3.05, 3.63) is 23.8 Å². The van der Waals surface area contributed by atoms with Crippen LogP contribution in [0.1, 0.15) is 5.56 Å². The summed E-state index contributed by atoms with van der Waals surface area (Å²) < 4.78 is 10.3. The molecule has 5 heteroatoms. The number of benzene rings is 1. The van der Waals surface area contributed by atoms with E-state index in [1.54, 1.807) is 18.2 Å². The van der Waals surface area contributed by atoms with Crippen molar-refractivity contribution < 1.29 is 24.2 Å². The Hall–Kier alpha value is -2.04. The van der Waals surface area contributed by atoms with Gasteiger partial charge in [-0.25, -0.2) is 0 Å². The van der Waals surface area contributed by atoms with E-state index >= 15 is 0 Å². The van der Waals surface area contributed by atoms with Crippen LogP contribution < -0.4 is 9.47 Å². The van der Waals surface area contributed by atoms with Crippen molar-refractivity contribution in [2.24, 2.45) is 5.92 Å². The van der Waals surface area contributed by atoms with E-state index in [1.807, 2.05) is 0 Å². The zero-order valence-electron chi connectivity index (χ0n) is 8.38. The van der Waals surface area contributed by atoms with Crippen molar-refractivity contribution in [3.63, 3.8) is 0 Å². The van der Waals surface area contributed by atoms with Crippen LogP contribution in [0.5, 0.6) is 11.5 Å². The Balaban J connectivity index is 2.16. The molecule has 0 bridgehead atoms. The minimum absolute atomic E-state index is 0.162. The number of carboxylic acid groups (broad SMARTS) is 1. The highest BCUT2D eigenvalue weighted by molar-refractivity contribution is 5.86. The second kappa shape index (κ2) is 4.22. The summed E-state index contributed by atoms with van der Waals surface area (Å²) in [6.07, 6.45) is 0.600. The summed E-state index contributed by atoms with van der Waals surface area (Å²) in [4.78, 5) is 21.2. The van der Waals surface area contributed by atoms with Crippen LogP contribution >= 0.6 is 0 Å². The minimum Gasteiger partial charge on any atom is -0.481 e. The quantitative estimate of drug-likeness (QED) is 0.604. The summed E-state index contributed by atoms with van der Waals surface area (Å²) in [5.41, 5.74) is 0.740. The molecule has 0 spiro atoms. The lowest BCUT2D eigenvalue weighted by molar-refractivity contribution is -0.143. The fourth-order valence-electron chi connectivity index (χ4n) is 1.52. The predicted octanol–water partition coefficient (Wildman–Crippen LogP) is 0.857. The number of rotatable bonds is 4. The number of carboxylic acids is 1. The maximum absolute atomic E-state index is 10.7. The van der Waals surface area contributed by atoms with Crippen molar-refractivity contribution >= 4 is 12.3 Å². The van der Waals surface area contributed by atoms with Gasteiger partial charge in [0, 0.05) is 0 Å². The van der Waals surface area contributed by atoms with Gasteiger partial charge in [0.15, 0.2) is 11.5 Å². The first-order valence-electron chi connectivity index (χ1n) is 4.77. The van der Waals surface area contributed by atoms with Gasteiger partial charge in [-0.1, -0.05) is 6.07 Å². The highest BCUT2D eigenvalue weighted by atomic mass is 16.7. The molecule has 1 N–H and O–H groups in total. The number of carbonyl (C=O) groups excluding carboxylic acids is 1. The molecule has 1 aliphatic rings. The molecule has 0 saturated heterocycles. The monoisotopic (exact) mass is 222 g/mol. The standard InChI is InChI=1S/C11H10O5/c12-5-8(11(13)14)3-7-1-2-9-10(4-7)16-6-15-9/h1-2,4-5,8H,3,6H2,(H,13,14). The first-order valence-corrected chi connectivity index (χ1v) is 4.77. The van der Waals surface area contributed by atoms with Crippen molar-refractivity contribution in [2.45, 2.75) is 6.42 Å². The molecule has 84 valence electrons. The van der Waals surface area contributed by atoms with Gasteiger partial charge < -0.3 is 19.4 Å². The van der Waals surface area contributed by atoms with Gasteiger partial charge in [-0.05, 0) is 24.1 Å². The average Bonchev–Trinajstić information content (AvgIpc) is 2.72. The number of hydrogen-bond donors (Lipinski definition) is 1. The lowest BCUT2D eigenvalue weighted by Crippen LogP contribution is -2.17. The topological polar surface area (TPSA) is 72.8 Å². The van der Waals surface area contributed by atoms with Gasteiger partial charge in [-0.3, -0.25) is 4.79 Å². The van der Waals surface area contributed by atoms with E-state index in [0.29, 0.717) is 17.8 Å². The Kier molecular flexibility index (Phi) is 2.76. The summed E-state index contributed by atoms with van der Waals surface area (Å²) in [6, 6.07) is 5.14. The predicted molar refractivity (Wildman–Crippen MR) is 53.5 cm³/mol. The summed E-state index contributed by atoms with van der Waals surface area (Å²) in [6.45, 7) is 0.175. The van der Waals surface area contributed by atoms with E-state index in [-0.39, 0.29) is 13.2 Å². The van der Waals surface area contributed by atoms with Crippen LogP contribution in [0.25, 0.3) is 0 Å². The molecule has 2 rings (SSSR count). The van der Waals surface area contributed by atoms with Gasteiger partial charge in [-0.2, -0.15) is 0 Å². The Morgan fingerprint density at radius 3 is 2.88 bits per heavy atom. The van der Waals surface area contributed by atoms with E-state index in [9.17, 15) is 9.59 Å². The first-order chi connectivity index (χ1) is 7.70. The average molecular weight is 222 g/mol. The third-order valence-electron chi connectivity index (χ3n) is 2.37. The molecule has 0 aliphatic carbocycles. The van der Waals surface area contributed by atoms with Crippen molar-refractivity contribution in [1.29, 1.82) is 0 Å². The van der Waals surface area contributed by atoms with Gasteiger partial charge in [0.05, 0.1) is 0 Å². The first kappa shape index (κ1) is 10.5. The largest absolute Gasteiger partial charge is 0.481 e. The normalized spacial score (nSPS) is 14.5. The Morgan fingerprint density at radius 1 is 1.44 bits per heavy atom. The van der Waals surface area contributed by atoms with Crippen LogP contribution in [0.4, 0.5) is 0 Å². The Labute approximate surface area is 91.6 Å². The minimum atomic E-state index is -1.12. The molecule has 0 aromatic heterocycles. The second-order valence-corrected chi connectivity index (χ2v) is 3.47. The van der Waals surface area contributed by atoms with Crippen molar-refractivity contribution in [3.8, 4) is 11.5 Å². The molecule has 0 saturated carbocycles. The molecule has 1 heterocycles. The van der Waals surface area contributed by atoms with Crippen molar-refractivity contribution in [2.75, 3.05) is 6.79 Å². The maximum Gasteiger partial charge on any atom is 0.314 e. The van der Waals surface area contributed by atoms with Crippen LogP contribution in [-0.2, 0) is 16.0 Å². The van der Waals surface area contributed by atoms with E-state index in [2.05, 4.69) is 0 Å². The van der Waals surface area contributed by atoms with Crippen LogP contribution in [0.15, 0.2) is 18.2 Å². The van der Waals surface area contributed by atoms with Gasteiger partial charge in [0.1, 0.15) is 12.2 Å². The Morgan fingerprint density at radius 2 is 2.19 bits per heavy atom. The van der Waals surface area contributed by atoms with E-state index in [1.165, 1.54) is 0 Å². The smallest absolute Gasteiger partial charge is 0.314 e. The summed E-state index contributed by atoms with van der Waals surface area (Å²) in [7, 11) is 0. The summed E-state index contributed by atoms with van der Waals surface area (Å²) in [5, 5.41) is 8.74. The van der Waals surface area contributed by atoms with Crippen LogP contribution in [-0.4, -0.2) is 24.2 Å².